The van der Waals surface area contributed by atoms with Gasteiger partial charge in [0, 0.05) is 16.5 Å². The third-order valence-electron chi connectivity index (χ3n) is 7.23. The molecule has 6 aromatic carbocycles. The van der Waals surface area contributed by atoms with Gasteiger partial charge in [-0.1, -0.05) is 115 Å². The van der Waals surface area contributed by atoms with Crippen LogP contribution < -0.4 is 0 Å². The highest BCUT2D eigenvalue weighted by Gasteiger charge is 2.15. The Kier molecular flexibility index (Phi) is 4.75. The van der Waals surface area contributed by atoms with Crippen LogP contribution in [0.15, 0.2) is 133 Å². The lowest BCUT2D eigenvalue weighted by Gasteiger charge is -2.13. The quantitative estimate of drug-likeness (QED) is 0.248. The van der Waals surface area contributed by atoms with Gasteiger partial charge < -0.3 is 4.57 Å². The van der Waals surface area contributed by atoms with Crippen molar-refractivity contribution in [1.82, 2.24) is 4.57 Å². The molecule has 7 rings (SSSR count). The first-order chi connectivity index (χ1) is 17.8. The summed E-state index contributed by atoms with van der Waals surface area (Å²) in [5, 5.41) is 5.06. The highest BCUT2D eigenvalue weighted by atomic mass is 15.0. The Bertz CT molecular complexity index is 1900. The molecule has 7 aromatic rings. The third kappa shape index (κ3) is 3.32. The minimum atomic E-state index is 1.18. The van der Waals surface area contributed by atoms with Crippen LogP contribution in [-0.4, -0.2) is 4.57 Å². The number of fused-ring (bicyclic) bond motifs is 4. The number of nitrogens with zero attached hydrogens (tertiary/aromatic N) is 1. The SMILES string of the molecule is Cc1cccc(-c2ccccc2-c2ccc3c4ccccc4n(-c4ccc5ccccc5c4)c3c2)c1. The first-order valence-corrected chi connectivity index (χ1v) is 12.5. The van der Waals surface area contributed by atoms with Gasteiger partial charge in [-0.15, -0.1) is 0 Å². The average Bonchev–Trinajstić information content (AvgIpc) is 3.26. The molecule has 1 nitrogen and oxygen atoms in total. The summed E-state index contributed by atoms with van der Waals surface area (Å²) in [5.74, 6) is 0. The van der Waals surface area contributed by atoms with Gasteiger partial charge in [0.15, 0.2) is 0 Å². The molecular formula is C35H25N. The minimum Gasteiger partial charge on any atom is -0.309 e. The summed E-state index contributed by atoms with van der Waals surface area (Å²) in [4.78, 5) is 0. The Balaban J connectivity index is 1.50. The van der Waals surface area contributed by atoms with Crippen molar-refractivity contribution in [3.63, 3.8) is 0 Å². The lowest BCUT2D eigenvalue weighted by atomic mass is 9.93. The zero-order valence-corrected chi connectivity index (χ0v) is 20.1. The second kappa shape index (κ2) is 8.25. The lowest BCUT2D eigenvalue weighted by Crippen LogP contribution is -1.94. The number of hydrogen-bond donors (Lipinski definition) is 0. The Morgan fingerprint density at radius 2 is 1.14 bits per heavy atom. The van der Waals surface area contributed by atoms with E-state index in [2.05, 4.69) is 145 Å². The van der Waals surface area contributed by atoms with Crippen LogP contribution in [0.3, 0.4) is 0 Å². The van der Waals surface area contributed by atoms with Gasteiger partial charge in [0.2, 0.25) is 0 Å². The van der Waals surface area contributed by atoms with Gasteiger partial charge in [0.05, 0.1) is 11.0 Å². The molecule has 0 amide bonds. The van der Waals surface area contributed by atoms with E-state index in [1.165, 1.54) is 66.1 Å². The van der Waals surface area contributed by atoms with Crippen LogP contribution in [0.25, 0.3) is 60.5 Å². The van der Waals surface area contributed by atoms with Gasteiger partial charge in [0.1, 0.15) is 0 Å². The normalized spacial score (nSPS) is 11.5. The Morgan fingerprint density at radius 1 is 0.444 bits per heavy atom. The molecule has 0 saturated carbocycles. The molecule has 170 valence electrons. The van der Waals surface area contributed by atoms with Crippen LogP contribution in [-0.2, 0) is 0 Å². The average molecular weight is 460 g/mol. The van der Waals surface area contributed by atoms with E-state index >= 15 is 0 Å². The van der Waals surface area contributed by atoms with Gasteiger partial charge in [0.25, 0.3) is 0 Å². The van der Waals surface area contributed by atoms with Crippen LogP contribution in [0.1, 0.15) is 5.56 Å². The number of para-hydroxylation sites is 1. The Morgan fingerprint density at radius 3 is 1.97 bits per heavy atom. The molecule has 0 bridgehead atoms. The minimum absolute atomic E-state index is 1.18. The summed E-state index contributed by atoms with van der Waals surface area (Å²) >= 11 is 0. The van der Waals surface area contributed by atoms with Crippen LogP contribution in [0.5, 0.6) is 0 Å². The van der Waals surface area contributed by atoms with E-state index in [1.807, 2.05) is 0 Å². The van der Waals surface area contributed by atoms with Crippen molar-refractivity contribution in [3.05, 3.63) is 139 Å². The van der Waals surface area contributed by atoms with Crippen molar-refractivity contribution in [2.24, 2.45) is 0 Å². The zero-order chi connectivity index (χ0) is 24.1. The summed E-state index contributed by atoms with van der Waals surface area (Å²) in [6.07, 6.45) is 0. The fourth-order valence-electron chi connectivity index (χ4n) is 5.53. The van der Waals surface area contributed by atoms with E-state index < -0.39 is 0 Å². The van der Waals surface area contributed by atoms with Crippen LogP contribution in [0.2, 0.25) is 0 Å². The third-order valence-corrected chi connectivity index (χ3v) is 7.23. The number of rotatable bonds is 3. The number of aromatic nitrogens is 1. The molecule has 0 saturated heterocycles. The Labute approximate surface area is 210 Å². The maximum absolute atomic E-state index is 2.41. The molecule has 0 N–H and O–H groups in total. The van der Waals surface area contributed by atoms with E-state index in [4.69, 9.17) is 0 Å². The number of benzene rings is 6. The fourth-order valence-corrected chi connectivity index (χ4v) is 5.53. The van der Waals surface area contributed by atoms with Crippen molar-refractivity contribution in [1.29, 1.82) is 0 Å². The van der Waals surface area contributed by atoms with Gasteiger partial charge in [-0.05, 0) is 64.2 Å². The zero-order valence-electron chi connectivity index (χ0n) is 20.1. The molecule has 0 spiro atoms. The smallest absolute Gasteiger partial charge is 0.0547 e. The lowest BCUT2D eigenvalue weighted by molar-refractivity contribution is 1.19. The van der Waals surface area contributed by atoms with E-state index in [9.17, 15) is 0 Å². The molecule has 0 atom stereocenters. The molecule has 0 fully saturated rings. The molecule has 0 aliphatic heterocycles. The topological polar surface area (TPSA) is 4.93 Å². The van der Waals surface area contributed by atoms with E-state index in [-0.39, 0.29) is 0 Å². The van der Waals surface area contributed by atoms with Crippen molar-refractivity contribution in [2.45, 2.75) is 6.92 Å². The van der Waals surface area contributed by atoms with E-state index in [1.54, 1.807) is 0 Å². The molecule has 1 heteroatoms. The van der Waals surface area contributed by atoms with Crippen molar-refractivity contribution < 1.29 is 0 Å². The van der Waals surface area contributed by atoms with E-state index in [0.29, 0.717) is 0 Å². The Hall–Kier alpha value is -4.62. The molecule has 0 radical (unpaired) electrons. The van der Waals surface area contributed by atoms with Crippen molar-refractivity contribution >= 4 is 32.6 Å². The second-order valence-electron chi connectivity index (χ2n) is 9.53. The standard InChI is InChI=1S/C35H25N/c1-24-9-8-12-27(21-24)30-13-4-5-14-31(30)28-18-20-33-32-15-6-7-16-34(32)36(35(33)23-28)29-19-17-25-10-2-3-11-26(25)22-29/h2-23H,1H3. The van der Waals surface area contributed by atoms with Gasteiger partial charge in [-0.3, -0.25) is 0 Å². The van der Waals surface area contributed by atoms with E-state index in [0.717, 1.165) is 0 Å². The van der Waals surface area contributed by atoms with Crippen molar-refractivity contribution in [2.75, 3.05) is 0 Å². The number of hydrogen-bond acceptors (Lipinski definition) is 0. The summed E-state index contributed by atoms with van der Waals surface area (Å²) in [7, 11) is 0. The molecule has 0 unspecified atom stereocenters. The molecule has 0 aliphatic rings. The number of aryl methyl sites for hydroxylation is 1. The first-order valence-electron chi connectivity index (χ1n) is 12.5. The first kappa shape index (κ1) is 20.7. The maximum Gasteiger partial charge on any atom is 0.0547 e. The molecular weight excluding hydrogens is 434 g/mol. The largest absolute Gasteiger partial charge is 0.309 e. The van der Waals surface area contributed by atoms with Crippen LogP contribution >= 0.6 is 0 Å². The summed E-state index contributed by atoms with van der Waals surface area (Å²) in [6.45, 7) is 2.15. The monoisotopic (exact) mass is 459 g/mol. The van der Waals surface area contributed by atoms with Crippen molar-refractivity contribution in [3.8, 4) is 27.9 Å². The van der Waals surface area contributed by atoms with Gasteiger partial charge in [-0.25, -0.2) is 0 Å². The summed E-state index contributed by atoms with van der Waals surface area (Å²) in [5.41, 5.74) is 9.90. The maximum atomic E-state index is 2.41. The molecule has 0 aliphatic carbocycles. The fraction of sp³-hybridized carbons (Fsp3) is 0.0286. The van der Waals surface area contributed by atoms with Crippen LogP contribution in [0.4, 0.5) is 0 Å². The predicted molar refractivity (Wildman–Crippen MR) is 154 cm³/mol. The molecule has 1 aromatic heterocycles. The highest BCUT2D eigenvalue weighted by Crippen LogP contribution is 2.38. The summed E-state index contributed by atoms with van der Waals surface area (Å²) < 4.78 is 2.41. The molecule has 36 heavy (non-hydrogen) atoms. The second-order valence-corrected chi connectivity index (χ2v) is 9.53. The predicted octanol–water partition coefficient (Wildman–Crippen LogP) is 9.58. The molecule has 1 heterocycles. The highest BCUT2D eigenvalue weighted by molar-refractivity contribution is 6.10. The van der Waals surface area contributed by atoms with Gasteiger partial charge in [-0.2, -0.15) is 0 Å². The van der Waals surface area contributed by atoms with Crippen LogP contribution in [0, 0.1) is 6.92 Å². The summed E-state index contributed by atoms with van der Waals surface area (Å²) in [6, 6.07) is 48.5. The van der Waals surface area contributed by atoms with Gasteiger partial charge >= 0.3 is 0 Å².